The number of nitrogens with one attached hydrogen (secondary N) is 3. The van der Waals surface area contributed by atoms with E-state index in [0.29, 0.717) is 16.9 Å². The lowest BCUT2D eigenvalue weighted by atomic mass is 10.0. The number of carboxylic acids is 1. The zero-order chi connectivity index (χ0) is 25.5. The maximum atomic E-state index is 12.6. The van der Waals surface area contributed by atoms with Crippen molar-refractivity contribution in [3.8, 4) is 5.75 Å². The summed E-state index contributed by atoms with van der Waals surface area (Å²) >= 11 is 0. The number of hydrogen-bond acceptors (Lipinski definition) is 7. The van der Waals surface area contributed by atoms with Crippen LogP contribution in [0.3, 0.4) is 0 Å². The Labute approximate surface area is 196 Å². The Morgan fingerprint density at radius 1 is 0.941 bits per heavy atom. The molecule has 1 atom stereocenters. The van der Waals surface area contributed by atoms with Gasteiger partial charge in [-0.2, -0.15) is 0 Å². The Balaban J connectivity index is 1.94. The van der Waals surface area contributed by atoms with Gasteiger partial charge in [-0.05, 0) is 64.1 Å². The Morgan fingerprint density at radius 3 is 2.00 bits per heavy atom. The van der Waals surface area contributed by atoms with Crippen molar-refractivity contribution in [2.45, 2.75) is 39.3 Å². The van der Waals surface area contributed by atoms with Crippen molar-refractivity contribution >= 4 is 29.6 Å². The minimum absolute atomic E-state index is 0.180. The normalized spacial score (nSPS) is 11.6. The molecule has 2 aromatic rings. The molecule has 34 heavy (non-hydrogen) atoms. The molecule has 1 unspecified atom stereocenters. The van der Waals surface area contributed by atoms with Gasteiger partial charge in [0.05, 0.1) is 6.04 Å². The lowest BCUT2D eigenvalue weighted by Gasteiger charge is -2.19. The van der Waals surface area contributed by atoms with Crippen molar-refractivity contribution in [3.63, 3.8) is 0 Å². The fourth-order valence-electron chi connectivity index (χ4n) is 2.72. The van der Waals surface area contributed by atoms with Gasteiger partial charge >= 0.3 is 12.1 Å². The van der Waals surface area contributed by atoms with Crippen LogP contribution in [0, 0.1) is 5.41 Å². The molecule has 0 aliphatic heterocycles. The van der Waals surface area contributed by atoms with E-state index in [1.54, 1.807) is 27.7 Å². The number of amides is 2. The van der Waals surface area contributed by atoms with E-state index in [1.807, 2.05) is 0 Å². The molecule has 0 aliphatic rings. The standard InChI is InChI=1S/C24H27N3O7/c1-14(20(30)15-9-11-18(12-10-15)33-13-19(28)29)26-22(31)17-7-5-16(6-8-17)21(25)27-23(32)34-24(2,3)4/h5-12,14H,13H2,1-4H3,(H,26,31)(H,28,29)(H2,25,27,32). The second kappa shape index (κ2) is 11.1. The van der Waals surface area contributed by atoms with Gasteiger partial charge in [0.1, 0.15) is 17.2 Å². The molecule has 0 fully saturated rings. The zero-order valence-electron chi connectivity index (χ0n) is 19.3. The van der Waals surface area contributed by atoms with Gasteiger partial charge in [-0.25, -0.2) is 9.59 Å². The van der Waals surface area contributed by atoms with Crippen LogP contribution in [0.25, 0.3) is 0 Å². The third-order valence-electron chi connectivity index (χ3n) is 4.30. The smallest absolute Gasteiger partial charge is 0.413 e. The van der Waals surface area contributed by atoms with E-state index in [2.05, 4.69) is 10.6 Å². The lowest BCUT2D eigenvalue weighted by molar-refractivity contribution is -0.139. The SMILES string of the molecule is CC(NC(=O)c1ccc(C(=N)NC(=O)OC(C)(C)C)cc1)C(=O)c1ccc(OCC(=O)O)cc1. The minimum atomic E-state index is -1.11. The number of aliphatic carboxylic acids is 1. The number of rotatable bonds is 8. The number of ketones is 1. The number of carboxylic acid groups (broad SMARTS) is 1. The number of amidine groups is 1. The average Bonchev–Trinajstić information content (AvgIpc) is 2.76. The first-order chi connectivity index (χ1) is 15.9. The number of benzene rings is 2. The Kier molecular flexibility index (Phi) is 8.49. The van der Waals surface area contributed by atoms with Crippen molar-refractivity contribution in [2.75, 3.05) is 6.61 Å². The molecule has 2 rings (SSSR count). The third-order valence-corrected chi connectivity index (χ3v) is 4.30. The second-order valence-corrected chi connectivity index (χ2v) is 8.35. The lowest BCUT2D eigenvalue weighted by Crippen LogP contribution is -2.38. The first-order valence-electron chi connectivity index (χ1n) is 10.3. The van der Waals surface area contributed by atoms with Gasteiger partial charge < -0.3 is 19.9 Å². The highest BCUT2D eigenvalue weighted by Gasteiger charge is 2.20. The van der Waals surface area contributed by atoms with Crippen LogP contribution in [0.4, 0.5) is 4.79 Å². The number of hydrogen-bond donors (Lipinski definition) is 4. The van der Waals surface area contributed by atoms with Gasteiger partial charge in [-0.3, -0.25) is 20.3 Å². The fraction of sp³-hybridized carbons (Fsp3) is 0.292. The van der Waals surface area contributed by atoms with Crippen LogP contribution in [0.5, 0.6) is 5.75 Å². The molecule has 0 aliphatic carbocycles. The highest BCUT2D eigenvalue weighted by Crippen LogP contribution is 2.14. The molecule has 0 spiro atoms. The molecule has 2 amide bonds. The van der Waals surface area contributed by atoms with E-state index in [1.165, 1.54) is 48.5 Å². The van der Waals surface area contributed by atoms with Crippen molar-refractivity contribution < 1.29 is 33.8 Å². The quantitative estimate of drug-likeness (QED) is 0.263. The first kappa shape index (κ1) is 26.0. The molecule has 10 heteroatoms. The number of carbonyl (C=O) groups is 4. The van der Waals surface area contributed by atoms with E-state index in [9.17, 15) is 19.2 Å². The minimum Gasteiger partial charge on any atom is -0.482 e. The van der Waals surface area contributed by atoms with Crippen LogP contribution in [0.1, 0.15) is 54.0 Å². The van der Waals surface area contributed by atoms with Gasteiger partial charge in [0.2, 0.25) is 0 Å². The van der Waals surface area contributed by atoms with E-state index < -0.39 is 36.2 Å². The fourth-order valence-corrected chi connectivity index (χ4v) is 2.72. The Hall–Kier alpha value is -4.21. The summed E-state index contributed by atoms with van der Waals surface area (Å²) < 4.78 is 10.1. The van der Waals surface area contributed by atoms with Crippen molar-refractivity contribution in [3.05, 3.63) is 65.2 Å². The summed E-state index contributed by atoms with van der Waals surface area (Å²) in [6.45, 7) is 6.18. The summed E-state index contributed by atoms with van der Waals surface area (Å²) in [6.07, 6.45) is -0.756. The van der Waals surface area contributed by atoms with E-state index >= 15 is 0 Å². The molecule has 0 heterocycles. The van der Waals surface area contributed by atoms with E-state index in [-0.39, 0.29) is 17.2 Å². The molecule has 0 aromatic heterocycles. The summed E-state index contributed by atoms with van der Waals surface area (Å²) in [5.41, 5.74) is 0.270. The Morgan fingerprint density at radius 2 is 1.47 bits per heavy atom. The van der Waals surface area contributed by atoms with E-state index in [0.717, 1.165) is 0 Å². The molecule has 10 nitrogen and oxygen atoms in total. The number of Topliss-reactive ketones (excluding diaryl/α,β-unsaturated/α-hetero) is 1. The first-order valence-corrected chi connectivity index (χ1v) is 10.3. The molecule has 0 saturated carbocycles. The molecule has 0 bridgehead atoms. The van der Waals surface area contributed by atoms with Gasteiger partial charge in [0.15, 0.2) is 12.4 Å². The van der Waals surface area contributed by atoms with Crippen LogP contribution < -0.4 is 15.4 Å². The molecule has 2 aromatic carbocycles. The Bertz CT molecular complexity index is 1070. The van der Waals surface area contributed by atoms with Crippen LogP contribution in [-0.2, 0) is 9.53 Å². The van der Waals surface area contributed by atoms with E-state index in [4.69, 9.17) is 20.0 Å². The average molecular weight is 469 g/mol. The van der Waals surface area contributed by atoms with Gasteiger partial charge in [-0.1, -0.05) is 12.1 Å². The number of alkyl carbamates (subject to hydrolysis) is 1. The molecule has 180 valence electrons. The molecule has 0 saturated heterocycles. The summed E-state index contributed by atoms with van der Waals surface area (Å²) in [5.74, 6) is -1.80. The second-order valence-electron chi connectivity index (χ2n) is 8.35. The highest BCUT2D eigenvalue weighted by atomic mass is 16.6. The monoisotopic (exact) mass is 469 g/mol. The van der Waals surface area contributed by atoms with Crippen LogP contribution >= 0.6 is 0 Å². The zero-order valence-corrected chi connectivity index (χ0v) is 19.3. The van der Waals surface area contributed by atoms with Gasteiger partial charge in [0.25, 0.3) is 5.91 Å². The largest absolute Gasteiger partial charge is 0.482 e. The number of ether oxygens (including phenoxy) is 2. The predicted molar refractivity (Wildman–Crippen MR) is 123 cm³/mol. The summed E-state index contributed by atoms with van der Waals surface area (Å²) in [5, 5.41) is 21.5. The summed E-state index contributed by atoms with van der Waals surface area (Å²) in [6, 6.07) is 11.0. The maximum Gasteiger partial charge on any atom is 0.413 e. The molecule has 0 radical (unpaired) electrons. The maximum absolute atomic E-state index is 12.6. The van der Waals surface area contributed by atoms with Crippen molar-refractivity contribution in [1.82, 2.24) is 10.6 Å². The molecule has 4 N–H and O–H groups in total. The third kappa shape index (κ3) is 8.05. The molecular formula is C24H27N3O7. The van der Waals surface area contributed by atoms with Crippen molar-refractivity contribution in [2.24, 2.45) is 0 Å². The van der Waals surface area contributed by atoms with Gasteiger partial charge in [-0.15, -0.1) is 0 Å². The van der Waals surface area contributed by atoms with Crippen LogP contribution in [-0.4, -0.2) is 52.9 Å². The molecular weight excluding hydrogens is 442 g/mol. The van der Waals surface area contributed by atoms with Gasteiger partial charge in [0, 0.05) is 16.7 Å². The summed E-state index contributed by atoms with van der Waals surface area (Å²) in [7, 11) is 0. The predicted octanol–water partition coefficient (Wildman–Crippen LogP) is 3.00. The topological polar surface area (TPSA) is 155 Å². The van der Waals surface area contributed by atoms with Crippen molar-refractivity contribution in [1.29, 1.82) is 5.41 Å². The van der Waals surface area contributed by atoms with Crippen LogP contribution in [0.2, 0.25) is 0 Å². The highest BCUT2D eigenvalue weighted by molar-refractivity contribution is 6.06. The number of carbonyl (C=O) groups excluding carboxylic acids is 3. The van der Waals surface area contributed by atoms with Crippen LogP contribution in [0.15, 0.2) is 48.5 Å². The summed E-state index contributed by atoms with van der Waals surface area (Å²) in [4.78, 5) is 47.5.